The van der Waals surface area contributed by atoms with E-state index in [0.29, 0.717) is 6.04 Å². The first-order valence-electron chi connectivity index (χ1n) is 8.22. The highest BCUT2D eigenvalue weighted by Crippen LogP contribution is 2.29. The van der Waals surface area contributed by atoms with E-state index in [4.69, 9.17) is 4.42 Å². The highest BCUT2D eigenvalue weighted by Gasteiger charge is 2.22. The molecule has 0 radical (unpaired) electrons. The Hall–Kier alpha value is -2.33. The maximum Gasteiger partial charge on any atom is 0.181 e. The van der Waals surface area contributed by atoms with Crippen molar-refractivity contribution in [2.45, 2.75) is 25.4 Å². The third-order valence-corrected chi connectivity index (χ3v) is 4.66. The lowest BCUT2D eigenvalue weighted by molar-refractivity contribution is 0.180. The first-order chi connectivity index (χ1) is 11.4. The van der Waals surface area contributed by atoms with Crippen molar-refractivity contribution in [2.75, 3.05) is 13.1 Å². The zero-order valence-corrected chi connectivity index (χ0v) is 13.1. The minimum Gasteiger partial charge on any atom is -0.442 e. The monoisotopic (exact) mass is 307 g/mol. The van der Waals surface area contributed by atoms with Gasteiger partial charge in [-0.25, -0.2) is 4.98 Å². The van der Waals surface area contributed by atoms with Gasteiger partial charge in [-0.2, -0.15) is 0 Å². The maximum absolute atomic E-state index is 5.47. The predicted molar refractivity (Wildman–Crippen MR) is 89.9 cm³/mol. The molecule has 0 spiro atoms. The summed E-state index contributed by atoms with van der Waals surface area (Å²) >= 11 is 0. The fraction of sp³-hybridized carbons (Fsp3) is 0.316. The fourth-order valence-electron chi connectivity index (χ4n) is 3.46. The Labute approximate surface area is 136 Å². The molecule has 23 heavy (non-hydrogen) atoms. The Balaban J connectivity index is 1.41. The third-order valence-electron chi connectivity index (χ3n) is 4.66. The highest BCUT2D eigenvalue weighted by atomic mass is 16.3. The van der Waals surface area contributed by atoms with Crippen molar-refractivity contribution in [3.63, 3.8) is 0 Å². The summed E-state index contributed by atoms with van der Waals surface area (Å²) in [5.74, 6) is 0.849. The van der Waals surface area contributed by atoms with Gasteiger partial charge in [-0.3, -0.25) is 4.90 Å². The van der Waals surface area contributed by atoms with Crippen LogP contribution in [-0.2, 0) is 6.54 Å². The average molecular weight is 307 g/mol. The molecule has 0 N–H and O–H groups in total. The first-order valence-corrected chi connectivity index (χ1v) is 8.22. The van der Waals surface area contributed by atoms with Gasteiger partial charge in [-0.1, -0.05) is 30.3 Å². The van der Waals surface area contributed by atoms with Crippen LogP contribution in [0.1, 0.15) is 24.4 Å². The molecule has 3 aromatic rings. The third kappa shape index (κ3) is 3.08. The summed E-state index contributed by atoms with van der Waals surface area (Å²) in [6.45, 7) is 3.31. The molecule has 0 unspecified atom stereocenters. The lowest BCUT2D eigenvalue weighted by Gasteiger charge is -2.33. The number of hydrogen-bond acceptors (Lipinski definition) is 3. The Morgan fingerprint density at radius 2 is 1.87 bits per heavy atom. The smallest absolute Gasteiger partial charge is 0.181 e. The van der Waals surface area contributed by atoms with Crippen molar-refractivity contribution in [1.82, 2.24) is 14.5 Å². The van der Waals surface area contributed by atoms with Crippen molar-refractivity contribution in [2.24, 2.45) is 0 Å². The van der Waals surface area contributed by atoms with Gasteiger partial charge in [0.05, 0.1) is 11.9 Å². The molecule has 0 saturated carbocycles. The maximum atomic E-state index is 5.47. The van der Waals surface area contributed by atoms with Crippen LogP contribution in [0.25, 0.3) is 11.5 Å². The van der Waals surface area contributed by atoms with E-state index >= 15 is 0 Å². The normalized spacial score (nSPS) is 16.7. The Morgan fingerprint density at radius 3 is 2.61 bits per heavy atom. The molecule has 1 aliphatic heterocycles. The van der Waals surface area contributed by atoms with Gasteiger partial charge < -0.3 is 8.98 Å². The van der Waals surface area contributed by atoms with E-state index < -0.39 is 0 Å². The molecular formula is C19H21N3O. The van der Waals surface area contributed by atoms with Gasteiger partial charge in [0.25, 0.3) is 0 Å². The minimum absolute atomic E-state index is 0.539. The van der Waals surface area contributed by atoms with Crippen molar-refractivity contribution in [1.29, 1.82) is 0 Å². The van der Waals surface area contributed by atoms with Crippen molar-refractivity contribution in [3.8, 4) is 11.5 Å². The summed E-state index contributed by atoms with van der Waals surface area (Å²) in [7, 11) is 0. The van der Waals surface area contributed by atoms with Gasteiger partial charge in [0.2, 0.25) is 0 Å². The molecule has 0 bridgehead atoms. The second kappa shape index (κ2) is 6.42. The number of benzene rings is 1. The number of piperidine rings is 1. The molecule has 4 heteroatoms. The summed E-state index contributed by atoms with van der Waals surface area (Å²) in [5, 5.41) is 0. The number of oxazole rings is 1. The molecule has 0 amide bonds. The number of hydrogen-bond donors (Lipinski definition) is 0. The van der Waals surface area contributed by atoms with Crippen LogP contribution in [-0.4, -0.2) is 27.5 Å². The van der Waals surface area contributed by atoms with E-state index in [2.05, 4.69) is 63.1 Å². The van der Waals surface area contributed by atoms with Gasteiger partial charge in [0.1, 0.15) is 0 Å². The molecule has 1 saturated heterocycles. The van der Waals surface area contributed by atoms with E-state index in [1.165, 1.54) is 24.8 Å². The number of aromatic nitrogens is 2. The van der Waals surface area contributed by atoms with Crippen LogP contribution >= 0.6 is 0 Å². The van der Waals surface area contributed by atoms with Crippen molar-refractivity contribution < 1.29 is 4.42 Å². The molecule has 2 aromatic heterocycles. The first kappa shape index (κ1) is 14.3. The Morgan fingerprint density at radius 1 is 1.04 bits per heavy atom. The molecule has 3 heterocycles. The Bertz CT molecular complexity index is 725. The van der Waals surface area contributed by atoms with Crippen LogP contribution in [0.3, 0.4) is 0 Å². The van der Waals surface area contributed by atoms with E-state index in [1.54, 1.807) is 6.20 Å². The van der Waals surface area contributed by atoms with Gasteiger partial charge in [-0.05, 0) is 30.5 Å². The minimum atomic E-state index is 0.539. The zero-order chi connectivity index (χ0) is 15.5. The standard InChI is InChI=1S/C19H21N3O/c1-2-5-16(6-3-1)14-21-11-8-17(9-12-21)22-10-4-7-18(22)19-13-20-15-23-19/h1-7,10,13,15,17H,8-9,11-12,14H2. The van der Waals surface area contributed by atoms with Gasteiger partial charge in [0.15, 0.2) is 12.2 Å². The van der Waals surface area contributed by atoms with Crippen LogP contribution in [0, 0.1) is 0 Å². The number of likely N-dealkylation sites (tertiary alicyclic amines) is 1. The average Bonchev–Trinajstić information content (AvgIpc) is 3.28. The van der Waals surface area contributed by atoms with Crippen molar-refractivity contribution >= 4 is 0 Å². The second-order valence-electron chi connectivity index (χ2n) is 6.16. The molecule has 4 nitrogen and oxygen atoms in total. The van der Waals surface area contributed by atoms with Gasteiger partial charge in [-0.15, -0.1) is 0 Å². The molecule has 4 rings (SSSR count). The molecular weight excluding hydrogens is 286 g/mol. The summed E-state index contributed by atoms with van der Waals surface area (Å²) in [4.78, 5) is 6.58. The van der Waals surface area contributed by atoms with Crippen LogP contribution in [0.2, 0.25) is 0 Å². The highest BCUT2D eigenvalue weighted by molar-refractivity contribution is 5.51. The molecule has 1 fully saturated rings. The summed E-state index contributed by atoms with van der Waals surface area (Å²) < 4.78 is 7.81. The van der Waals surface area contributed by atoms with Crippen LogP contribution in [0.5, 0.6) is 0 Å². The van der Waals surface area contributed by atoms with Crippen LogP contribution < -0.4 is 0 Å². The lowest BCUT2D eigenvalue weighted by atomic mass is 10.0. The van der Waals surface area contributed by atoms with Crippen molar-refractivity contribution in [3.05, 3.63) is 66.8 Å². The number of nitrogens with zero attached hydrogens (tertiary/aromatic N) is 3. The topological polar surface area (TPSA) is 34.2 Å². The van der Waals surface area contributed by atoms with Gasteiger partial charge >= 0.3 is 0 Å². The fourth-order valence-corrected chi connectivity index (χ4v) is 3.46. The van der Waals surface area contributed by atoms with Crippen LogP contribution in [0.15, 0.2) is 65.7 Å². The largest absolute Gasteiger partial charge is 0.442 e. The van der Waals surface area contributed by atoms with E-state index in [-0.39, 0.29) is 0 Å². The molecule has 118 valence electrons. The number of rotatable bonds is 4. The van der Waals surface area contributed by atoms with E-state index in [9.17, 15) is 0 Å². The quantitative estimate of drug-likeness (QED) is 0.731. The molecule has 1 aromatic carbocycles. The second-order valence-corrected chi connectivity index (χ2v) is 6.16. The molecule has 0 aliphatic carbocycles. The molecule has 0 atom stereocenters. The summed E-state index contributed by atoms with van der Waals surface area (Å²) in [6, 6.07) is 15.5. The van der Waals surface area contributed by atoms with Gasteiger partial charge in [0, 0.05) is 31.9 Å². The molecule has 1 aliphatic rings. The lowest BCUT2D eigenvalue weighted by Crippen LogP contribution is -2.34. The predicted octanol–water partition coefficient (Wildman–Crippen LogP) is 3.98. The van der Waals surface area contributed by atoms with E-state index in [0.717, 1.165) is 31.1 Å². The zero-order valence-electron chi connectivity index (χ0n) is 13.1. The summed E-state index contributed by atoms with van der Waals surface area (Å²) in [6.07, 6.45) is 7.78. The van der Waals surface area contributed by atoms with Crippen LogP contribution in [0.4, 0.5) is 0 Å². The Kier molecular flexibility index (Phi) is 3.99. The van der Waals surface area contributed by atoms with E-state index in [1.807, 2.05) is 0 Å². The summed E-state index contributed by atoms with van der Waals surface area (Å²) in [5.41, 5.74) is 2.53. The SMILES string of the molecule is c1ccc(CN2CCC(n3cccc3-c3cnco3)CC2)cc1.